The number of nitrogens with zero attached hydrogens (tertiary/aromatic N) is 1. The standard InChI is InChI=1S/C14H17N/c1-11(2)8-9-15-12(3)10-13-6-4-5-7-14(13)15/h4-7,10H,1,8-9H2,2-3H3. The van der Waals surface area contributed by atoms with Crippen LogP contribution in [0.1, 0.15) is 19.0 Å². The lowest BCUT2D eigenvalue weighted by Gasteiger charge is -2.07. The van der Waals surface area contributed by atoms with Gasteiger partial charge in [0, 0.05) is 17.8 Å². The molecule has 0 saturated carbocycles. The third-order valence-corrected chi connectivity index (χ3v) is 2.78. The normalized spacial score (nSPS) is 10.8. The van der Waals surface area contributed by atoms with E-state index in [1.807, 2.05) is 0 Å². The first-order valence-corrected chi connectivity index (χ1v) is 5.38. The lowest BCUT2D eigenvalue weighted by atomic mass is 10.2. The van der Waals surface area contributed by atoms with E-state index in [0.717, 1.165) is 13.0 Å². The summed E-state index contributed by atoms with van der Waals surface area (Å²) in [6.45, 7) is 9.24. The molecule has 0 saturated heterocycles. The summed E-state index contributed by atoms with van der Waals surface area (Å²) < 4.78 is 2.37. The van der Waals surface area contributed by atoms with Gasteiger partial charge in [0.05, 0.1) is 0 Å². The van der Waals surface area contributed by atoms with Crippen LogP contribution in [-0.4, -0.2) is 4.57 Å². The molecular formula is C14H17N. The van der Waals surface area contributed by atoms with Crippen molar-refractivity contribution in [2.24, 2.45) is 0 Å². The minimum Gasteiger partial charge on any atom is -0.345 e. The fourth-order valence-electron chi connectivity index (χ4n) is 1.95. The van der Waals surface area contributed by atoms with Crippen molar-refractivity contribution in [3.8, 4) is 0 Å². The van der Waals surface area contributed by atoms with Gasteiger partial charge in [-0.2, -0.15) is 0 Å². The number of fused-ring (bicyclic) bond motifs is 1. The van der Waals surface area contributed by atoms with Crippen molar-refractivity contribution in [1.82, 2.24) is 4.57 Å². The highest BCUT2D eigenvalue weighted by atomic mass is 15.0. The quantitative estimate of drug-likeness (QED) is 0.660. The molecule has 0 unspecified atom stereocenters. The number of para-hydroxylation sites is 1. The molecule has 1 aromatic carbocycles. The van der Waals surface area contributed by atoms with Crippen LogP contribution in [0.25, 0.3) is 10.9 Å². The molecule has 1 aromatic heterocycles. The number of rotatable bonds is 3. The van der Waals surface area contributed by atoms with Crippen LogP contribution in [0.4, 0.5) is 0 Å². The van der Waals surface area contributed by atoms with Gasteiger partial charge < -0.3 is 4.57 Å². The fourth-order valence-corrected chi connectivity index (χ4v) is 1.95. The number of hydrogen-bond acceptors (Lipinski definition) is 0. The molecule has 0 N–H and O–H groups in total. The van der Waals surface area contributed by atoms with Gasteiger partial charge in [-0.05, 0) is 37.8 Å². The van der Waals surface area contributed by atoms with E-state index in [1.165, 1.54) is 22.2 Å². The monoisotopic (exact) mass is 199 g/mol. The lowest BCUT2D eigenvalue weighted by molar-refractivity contribution is 0.700. The molecule has 0 atom stereocenters. The van der Waals surface area contributed by atoms with Gasteiger partial charge in [-0.25, -0.2) is 0 Å². The second-order valence-electron chi connectivity index (χ2n) is 4.20. The van der Waals surface area contributed by atoms with Gasteiger partial charge in [-0.15, -0.1) is 6.58 Å². The number of allylic oxidation sites excluding steroid dienone is 1. The Bertz CT molecular complexity index is 491. The van der Waals surface area contributed by atoms with Gasteiger partial charge in [0.2, 0.25) is 0 Å². The molecule has 1 heterocycles. The Balaban J connectivity index is 2.40. The van der Waals surface area contributed by atoms with Gasteiger partial charge >= 0.3 is 0 Å². The van der Waals surface area contributed by atoms with Crippen LogP contribution in [0.3, 0.4) is 0 Å². The van der Waals surface area contributed by atoms with Crippen molar-refractivity contribution < 1.29 is 0 Å². The SMILES string of the molecule is C=C(C)CCn1c(C)cc2ccccc21. The zero-order valence-electron chi connectivity index (χ0n) is 9.46. The third kappa shape index (κ3) is 1.96. The van der Waals surface area contributed by atoms with Crippen molar-refractivity contribution in [2.45, 2.75) is 26.8 Å². The predicted octanol–water partition coefficient (Wildman–Crippen LogP) is 3.92. The molecule has 15 heavy (non-hydrogen) atoms. The Hall–Kier alpha value is -1.50. The largest absolute Gasteiger partial charge is 0.345 e. The van der Waals surface area contributed by atoms with Crippen molar-refractivity contribution in [1.29, 1.82) is 0 Å². The minimum absolute atomic E-state index is 1.04. The van der Waals surface area contributed by atoms with E-state index in [1.54, 1.807) is 0 Å². The first-order valence-electron chi connectivity index (χ1n) is 5.38. The number of aryl methyl sites for hydroxylation is 2. The maximum atomic E-state index is 3.95. The lowest BCUT2D eigenvalue weighted by Crippen LogP contribution is -1.99. The molecule has 0 spiro atoms. The van der Waals surface area contributed by atoms with Gasteiger partial charge in [0.25, 0.3) is 0 Å². The van der Waals surface area contributed by atoms with E-state index in [-0.39, 0.29) is 0 Å². The molecular weight excluding hydrogens is 182 g/mol. The Morgan fingerprint density at radius 1 is 1.33 bits per heavy atom. The Labute approximate surface area is 91.0 Å². The van der Waals surface area contributed by atoms with Gasteiger partial charge in [0.15, 0.2) is 0 Å². The average Bonchev–Trinajstić information content (AvgIpc) is 2.50. The molecule has 0 aliphatic heterocycles. The summed E-state index contributed by atoms with van der Waals surface area (Å²) >= 11 is 0. The maximum absolute atomic E-state index is 3.95. The topological polar surface area (TPSA) is 4.93 Å². The Kier molecular flexibility index (Phi) is 2.63. The van der Waals surface area contributed by atoms with Crippen LogP contribution in [-0.2, 0) is 6.54 Å². The Morgan fingerprint density at radius 2 is 2.07 bits per heavy atom. The first kappa shape index (κ1) is 10.0. The van der Waals surface area contributed by atoms with Crippen LogP contribution < -0.4 is 0 Å². The Morgan fingerprint density at radius 3 is 2.80 bits per heavy atom. The molecule has 0 radical (unpaired) electrons. The van der Waals surface area contributed by atoms with Crippen LogP contribution in [0.5, 0.6) is 0 Å². The van der Waals surface area contributed by atoms with E-state index >= 15 is 0 Å². The summed E-state index contributed by atoms with van der Waals surface area (Å²) in [6.07, 6.45) is 1.06. The van der Waals surface area contributed by atoms with Crippen molar-refractivity contribution in [2.75, 3.05) is 0 Å². The highest BCUT2D eigenvalue weighted by Gasteiger charge is 2.03. The van der Waals surface area contributed by atoms with Crippen molar-refractivity contribution >= 4 is 10.9 Å². The highest BCUT2D eigenvalue weighted by molar-refractivity contribution is 5.81. The van der Waals surface area contributed by atoms with E-state index in [0.29, 0.717) is 0 Å². The van der Waals surface area contributed by atoms with E-state index in [9.17, 15) is 0 Å². The van der Waals surface area contributed by atoms with E-state index in [4.69, 9.17) is 0 Å². The van der Waals surface area contributed by atoms with Crippen molar-refractivity contribution in [3.05, 3.63) is 48.2 Å². The molecule has 1 heteroatoms. The molecule has 2 aromatic rings. The molecule has 2 rings (SSSR count). The van der Waals surface area contributed by atoms with Gasteiger partial charge in [-0.3, -0.25) is 0 Å². The summed E-state index contributed by atoms with van der Waals surface area (Å²) in [4.78, 5) is 0. The van der Waals surface area contributed by atoms with Crippen molar-refractivity contribution in [3.63, 3.8) is 0 Å². The number of hydrogen-bond donors (Lipinski definition) is 0. The molecule has 78 valence electrons. The zero-order chi connectivity index (χ0) is 10.8. The third-order valence-electron chi connectivity index (χ3n) is 2.78. The van der Waals surface area contributed by atoms with E-state index < -0.39 is 0 Å². The maximum Gasteiger partial charge on any atom is 0.0482 e. The van der Waals surface area contributed by atoms with Crippen LogP contribution in [0, 0.1) is 6.92 Å². The van der Waals surface area contributed by atoms with Crippen LogP contribution >= 0.6 is 0 Å². The van der Waals surface area contributed by atoms with Gasteiger partial charge in [0.1, 0.15) is 0 Å². The fraction of sp³-hybridized carbons (Fsp3) is 0.286. The minimum atomic E-state index is 1.04. The van der Waals surface area contributed by atoms with Gasteiger partial charge in [-0.1, -0.05) is 23.8 Å². The molecule has 1 nitrogen and oxygen atoms in total. The molecule has 0 fully saturated rings. The summed E-state index contributed by atoms with van der Waals surface area (Å²) in [5, 5.41) is 1.33. The van der Waals surface area contributed by atoms with E-state index in [2.05, 4.69) is 55.3 Å². The average molecular weight is 199 g/mol. The van der Waals surface area contributed by atoms with Crippen LogP contribution in [0.15, 0.2) is 42.5 Å². The molecule has 0 aliphatic carbocycles. The van der Waals surface area contributed by atoms with Crippen LogP contribution in [0.2, 0.25) is 0 Å². The summed E-state index contributed by atoms with van der Waals surface area (Å²) in [7, 11) is 0. The second kappa shape index (κ2) is 3.93. The molecule has 0 bridgehead atoms. The summed E-state index contributed by atoms with van der Waals surface area (Å²) in [6, 6.07) is 10.8. The molecule has 0 aliphatic rings. The molecule has 0 amide bonds. The number of benzene rings is 1. The summed E-state index contributed by atoms with van der Waals surface area (Å²) in [5.74, 6) is 0. The zero-order valence-corrected chi connectivity index (χ0v) is 9.46. The summed E-state index contributed by atoms with van der Waals surface area (Å²) in [5.41, 5.74) is 3.90. The smallest absolute Gasteiger partial charge is 0.0482 e. The highest BCUT2D eigenvalue weighted by Crippen LogP contribution is 2.19. The predicted molar refractivity (Wildman–Crippen MR) is 66.1 cm³/mol. The number of aromatic nitrogens is 1. The first-order chi connectivity index (χ1) is 7.18. The second-order valence-corrected chi connectivity index (χ2v) is 4.20.